The third-order valence-corrected chi connectivity index (χ3v) is 13.2. The maximum atomic E-state index is 14.4. The van der Waals surface area contributed by atoms with Crippen molar-refractivity contribution in [3.05, 3.63) is 29.8 Å². The molecule has 434 valence electrons. The number of aliphatic carboxylic acids is 1. The van der Waals surface area contributed by atoms with Crippen molar-refractivity contribution in [2.24, 2.45) is 29.0 Å². The summed E-state index contributed by atoms with van der Waals surface area (Å²) in [5, 5.41) is 69.4. The van der Waals surface area contributed by atoms with Crippen LogP contribution >= 0.6 is 0 Å². The SMILES string of the molecule is CC[C@H](C)[C@H](N)C(=O)N[C@@H](CCCCN)C(=O)N[C@@H](CO)C(=O)N[C@@H](CCCCN)C(=O)N1CCC[C@H]1C(=O)N[C@@H](Cc1ccc(O)cc1)C(=O)NCC(=O)N[C@H](C(=O)N[C@H](C(=O)N[C@H](C(=O)O)[C@@H](C)O)[C@@H](C)O)C(C)C. The van der Waals surface area contributed by atoms with Crippen LogP contribution in [0.1, 0.15) is 105 Å². The fourth-order valence-corrected chi connectivity index (χ4v) is 8.21. The molecule has 1 heterocycles. The molecule has 0 aliphatic carbocycles. The van der Waals surface area contributed by atoms with Crippen LogP contribution < -0.4 is 59.7 Å². The summed E-state index contributed by atoms with van der Waals surface area (Å²) in [6.45, 7) is 8.04. The van der Waals surface area contributed by atoms with Gasteiger partial charge in [0.1, 0.15) is 48.0 Å². The summed E-state index contributed by atoms with van der Waals surface area (Å²) in [4.78, 5) is 135. The van der Waals surface area contributed by atoms with E-state index in [2.05, 4.69) is 42.5 Å². The molecule has 0 saturated carbocycles. The number of carboxylic acids is 1. The Balaban J connectivity index is 2.31. The van der Waals surface area contributed by atoms with E-state index in [9.17, 15) is 73.5 Å². The van der Waals surface area contributed by atoms with Crippen LogP contribution in [0.2, 0.25) is 0 Å². The van der Waals surface area contributed by atoms with Crippen molar-refractivity contribution in [2.45, 2.75) is 172 Å². The average molecular weight is 1090 g/mol. The van der Waals surface area contributed by atoms with Crippen LogP contribution in [-0.2, 0) is 54.4 Å². The number of hydrogen-bond donors (Lipinski definition) is 16. The molecule has 0 unspecified atom stereocenters. The molecule has 1 aliphatic rings. The van der Waals surface area contributed by atoms with Crippen LogP contribution in [0.15, 0.2) is 24.3 Å². The topological polar surface area (TPSA) is 449 Å². The molecule has 19 N–H and O–H groups in total. The van der Waals surface area contributed by atoms with E-state index in [-0.39, 0.29) is 50.4 Å². The van der Waals surface area contributed by atoms with E-state index in [1.165, 1.54) is 29.2 Å². The van der Waals surface area contributed by atoms with E-state index in [0.29, 0.717) is 50.6 Å². The molecule has 27 heteroatoms. The lowest BCUT2D eigenvalue weighted by Gasteiger charge is -2.31. The fourth-order valence-electron chi connectivity index (χ4n) is 8.21. The number of aliphatic hydroxyl groups excluding tert-OH is 3. The summed E-state index contributed by atoms with van der Waals surface area (Å²) in [6.07, 6.45) is -0.218. The lowest BCUT2D eigenvalue weighted by atomic mass is 9.98. The van der Waals surface area contributed by atoms with Gasteiger partial charge in [0.15, 0.2) is 6.04 Å². The summed E-state index contributed by atoms with van der Waals surface area (Å²) >= 11 is 0. The number of hydrogen-bond acceptors (Lipinski definition) is 17. The van der Waals surface area contributed by atoms with Gasteiger partial charge in [-0.3, -0.25) is 43.2 Å². The lowest BCUT2D eigenvalue weighted by Crippen LogP contribution is -2.61. The van der Waals surface area contributed by atoms with Gasteiger partial charge in [0, 0.05) is 13.0 Å². The number of nitrogens with zero attached hydrogens (tertiary/aromatic N) is 1. The molecule has 12 atom stereocenters. The molecule has 0 radical (unpaired) electrons. The number of rotatable bonds is 34. The zero-order valence-electron chi connectivity index (χ0n) is 44.9. The number of aliphatic hydroxyl groups is 3. The van der Waals surface area contributed by atoms with Gasteiger partial charge in [0.2, 0.25) is 53.2 Å². The number of likely N-dealkylation sites (tertiary alicyclic amines) is 1. The van der Waals surface area contributed by atoms with Crippen molar-refractivity contribution in [3.63, 3.8) is 0 Å². The van der Waals surface area contributed by atoms with Crippen molar-refractivity contribution in [3.8, 4) is 5.75 Å². The van der Waals surface area contributed by atoms with Gasteiger partial charge in [-0.05, 0) is 108 Å². The van der Waals surface area contributed by atoms with Gasteiger partial charge >= 0.3 is 5.97 Å². The molecule has 1 aromatic rings. The highest BCUT2D eigenvalue weighted by molar-refractivity contribution is 5.98. The van der Waals surface area contributed by atoms with Crippen molar-refractivity contribution >= 4 is 59.1 Å². The Labute approximate surface area is 448 Å². The Morgan fingerprint density at radius 3 is 1.71 bits per heavy atom. The van der Waals surface area contributed by atoms with Gasteiger partial charge in [-0.15, -0.1) is 0 Å². The lowest BCUT2D eigenvalue weighted by molar-refractivity contribution is -0.146. The molecular weight excluding hydrogens is 1010 g/mol. The quantitative estimate of drug-likeness (QED) is 0.0290. The summed E-state index contributed by atoms with van der Waals surface area (Å²) in [5.74, 6) is -10.1. The van der Waals surface area contributed by atoms with E-state index >= 15 is 0 Å². The second-order valence-corrected chi connectivity index (χ2v) is 19.8. The van der Waals surface area contributed by atoms with Crippen LogP contribution in [-0.4, -0.2) is 189 Å². The number of carbonyl (C=O) groups is 10. The third-order valence-electron chi connectivity index (χ3n) is 13.2. The van der Waals surface area contributed by atoms with E-state index < -0.39 is 145 Å². The Bertz CT molecular complexity index is 2130. The van der Waals surface area contributed by atoms with Crippen LogP contribution in [0.5, 0.6) is 5.75 Å². The predicted molar refractivity (Wildman–Crippen MR) is 279 cm³/mol. The van der Waals surface area contributed by atoms with Gasteiger partial charge in [-0.2, -0.15) is 0 Å². The van der Waals surface area contributed by atoms with Crippen molar-refractivity contribution < 1.29 is 73.5 Å². The summed E-state index contributed by atoms with van der Waals surface area (Å²) < 4.78 is 0. The van der Waals surface area contributed by atoms with E-state index in [1.807, 2.05) is 6.92 Å². The number of nitrogens with one attached hydrogen (secondary N) is 8. The van der Waals surface area contributed by atoms with Crippen LogP contribution in [0.25, 0.3) is 0 Å². The number of carbonyl (C=O) groups excluding carboxylic acids is 9. The summed E-state index contributed by atoms with van der Waals surface area (Å²) in [6, 6.07) is -6.61. The van der Waals surface area contributed by atoms with Crippen LogP contribution in [0, 0.1) is 11.8 Å². The van der Waals surface area contributed by atoms with Gasteiger partial charge in [-0.1, -0.05) is 46.2 Å². The number of amides is 9. The molecule has 27 nitrogen and oxygen atoms in total. The zero-order valence-corrected chi connectivity index (χ0v) is 44.9. The molecular formula is C50H84N12O15. The highest BCUT2D eigenvalue weighted by Gasteiger charge is 2.40. The Kier molecular flexibility index (Phi) is 29.1. The molecule has 0 spiro atoms. The smallest absolute Gasteiger partial charge is 0.328 e. The molecule has 2 rings (SSSR count). The zero-order chi connectivity index (χ0) is 58.1. The number of phenolic OH excluding ortho intramolecular Hbond substituents is 1. The largest absolute Gasteiger partial charge is 0.508 e. The van der Waals surface area contributed by atoms with Gasteiger partial charge < -0.3 is 90.2 Å². The number of nitrogens with two attached hydrogens (primary N) is 3. The van der Waals surface area contributed by atoms with E-state index in [0.717, 1.165) is 13.8 Å². The molecule has 1 saturated heterocycles. The highest BCUT2D eigenvalue weighted by Crippen LogP contribution is 2.21. The molecule has 0 bridgehead atoms. The minimum Gasteiger partial charge on any atom is -0.508 e. The number of aromatic hydroxyl groups is 1. The maximum absolute atomic E-state index is 14.4. The first-order valence-electron chi connectivity index (χ1n) is 26.1. The predicted octanol–water partition coefficient (Wildman–Crippen LogP) is -4.44. The average Bonchev–Trinajstić information content (AvgIpc) is 3.88. The Hall–Kier alpha value is -6.52. The fraction of sp³-hybridized carbons (Fsp3) is 0.680. The number of phenols is 1. The molecule has 77 heavy (non-hydrogen) atoms. The first-order chi connectivity index (χ1) is 36.3. The second kappa shape index (κ2) is 33.6. The van der Waals surface area contributed by atoms with Gasteiger partial charge in [0.05, 0.1) is 31.4 Å². The van der Waals surface area contributed by atoms with E-state index in [4.69, 9.17) is 17.2 Å². The molecule has 1 aliphatic heterocycles. The Morgan fingerprint density at radius 2 is 1.18 bits per heavy atom. The minimum absolute atomic E-state index is 0.0465. The molecule has 1 aromatic carbocycles. The van der Waals surface area contributed by atoms with Gasteiger partial charge in [-0.25, -0.2) is 4.79 Å². The number of unbranched alkanes of at least 4 members (excludes halogenated alkanes) is 2. The summed E-state index contributed by atoms with van der Waals surface area (Å²) in [7, 11) is 0. The van der Waals surface area contributed by atoms with Crippen LogP contribution in [0.4, 0.5) is 0 Å². The highest BCUT2D eigenvalue weighted by atomic mass is 16.4. The first kappa shape index (κ1) is 66.6. The van der Waals surface area contributed by atoms with Crippen LogP contribution in [0.3, 0.4) is 0 Å². The van der Waals surface area contributed by atoms with Gasteiger partial charge in [0.25, 0.3) is 0 Å². The standard InChI is InChI=1S/C50H84N12O15/c1-7-27(4)38(53)46(72)55-32(13-8-10-20-51)43(69)58-35(25-63)44(70)56-33(14-9-11-21-52)49(75)62-22-12-15-36(62)45(71)57-34(23-30-16-18-31(66)19-17-30)42(68)54-24-37(67)59-39(26(2)3)47(73)60-40(28(5)64)48(74)61-41(29(6)65)50(76)77/h16-19,26-29,32-36,38-41,63-66H,7-15,20-25,51-53H2,1-6H3,(H,54,68)(H,55,72)(H,56,70)(H,57,71)(H,58,69)(H,59,67)(H,60,73)(H,61,74)(H,76,77)/t27-,28+,29+,32-,33-,34-,35-,36-,38-,39-,40-,41-/m0/s1. The summed E-state index contributed by atoms with van der Waals surface area (Å²) in [5.41, 5.74) is 18.0. The van der Waals surface area contributed by atoms with Crippen molar-refractivity contribution in [1.82, 2.24) is 47.4 Å². The molecule has 0 aromatic heterocycles. The minimum atomic E-state index is -1.77. The molecule has 9 amide bonds. The third kappa shape index (κ3) is 21.8. The first-order valence-corrected chi connectivity index (χ1v) is 26.1. The Morgan fingerprint density at radius 1 is 0.649 bits per heavy atom. The maximum Gasteiger partial charge on any atom is 0.328 e. The number of benzene rings is 1. The number of carboxylic acid groups (broad SMARTS) is 1. The normalized spacial score (nSPS) is 17.6. The second-order valence-electron chi connectivity index (χ2n) is 19.8. The van der Waals surface area contributed by atoms with Crippen molar-refractivity contribution in [1.29, 1.82) is 0 Å². The molecule has 1 fully saturated rings. The van der Waals surface area contributed by atoms with E-state index in [1.54, 1.807) is 20.8 Å². The van der Waals surface area contributed by atoms with Crippen molar-refractivity contribution in [2.75, 3.05) is 32.8 Å². The monoisotopic (exact) mass is 1090 g/mol.